The van der Waals surface area contributed by atoms with Crippen molar-refractivity contribution in [2.75, 3.05) is 26.0 Å². The van der Waals surface area contributed by atoms with E-state index >= 15 is 0 Å². The summed E-state index contributed by atoms with van der Waals surface area (Å²) in [5, 5.41) is 5.10. The number of benzene rings is 2. The van der Waals surface area contributed by atoms with Crippen molar-refractivity contribution in [1.29, 1.82) is 0 Å². The lowest BCUT2D eigenvalue weighted by molar-refractivity contribution is -0.115. The van der Waals surface area contributed by atoms with Gasteiger partial charge >= 0.3 is 0 Å². The summed E-state index contributed by atoms with van der Waals surface area (Å²) in [6.45, 7) is 10.6. The first-order valence-electron chi connectivity index (χ1n) is 13.9. The molecule has 3 rings (SSSR count). The maximum Gasteiger partial charge on any atom is 0.229 e. The summed E-state index contributed by atoms with van der Waals surface area (Å²) >= 11 is 1.60. The number of rotatable bonds is 13. The Morgan fingerprint density at radius 1 is 1.05 bits per heavy atom. The van der Waals surface area contributed by atoms with Gasteiger partial charge in [-0.15, -0.1) is 11.3 Å². The number of allylic oxidation sites excluding steroid dienone is 2. The lowest BCUT2D eigenvalue weighted by Crippen LogP contribution is -2.18. The number of carbonyl (C=O) groups excluding carboxylic acids is 1. The lowest BCUT2D eigenvalue weighted by atomic mass is 9.98. The van der Waals surface area contributed by atoms with E-state index in [9.17, 15) is 4.79 Å². The summed E-state index contributed by atoms with van der Waals surface area (Å²) in [6.07, 6.45) is 10.4. The number of thiophene rings is 1. The predicted molar refractivity (Wildman–Crippen MR) is 170 cm³/mol. The molecule has 2 aromatic carbocycles. The second-order valence-electron chi connectivity index (χ2n) is 10.1. The van der Waals surface area contributed by atoms with Crippen LogP contribution in [0.2, 0.25) is 0 Å². The van der Waals surface area contributed by atoms with Crippen LogP contribution in [0, 0.1) is 13.8 Å². The van der Waals surface area contributed by atoms with E-state index in [1.807, 2.05) is 37.6 Å². The standard InChI is InChI=1S/C34H43N3OS/c1-7-27(8-2)14-10-18-37(6)24-29-13-9-12-28(21-29)16-17-32(35-5)31-23-33(26(4)20-25(31)3)36-34(38)22-30-15-11-19-39-30/h9,11-17,19-21,23H,7-8,10,18,22,24H2,1-6H3,(H,36,38)/b17-16+,35-32?. The molecule has 0 saturated carbocycles. The third-order valence-corrected chi connectivity index (χ3v) is 7.84. The van der Waals surface area contributed by atoms with E-state index in [2.05, 4.69) is 91.6 Å². The molecule has 0 bridgehead atoms. The molecule has 0 aliphatic heterocycles. The van der Waals surface area contributed by atoms with Gasteiger partial charge in [0.05, 0.1) is 12.1 Å². The maximum atomic E-state index is 12.6. The first-order chi connectivity index (χ1) is 18.8. The molecule has 0 saturated heterocycles. The second kappa shape index (κ2) is 15.3. The van der Waals surface area contributed by atoms with Gasteiger partial charge in [0.15, 0.2) is 0 Å². The first-order valence-corrected chi connectivity index (χ1v) is 14.7. The molecule has 0 aliphatic carbocycles. The molecule has 5 heteroatoms. The van der Waals surface area contributed by atoms with E-state index in [-0.39, 0.29) is 5.91 Å². The fraction of sp³-hybridized carbons (Fsp3) is 0.353. The average molecular weight is 542 g/mol. The van der Waals surface area contributed by atoms with Gasteiger partial charge in [-0.05, 0) is 86.0 Å². The Bertz CT molecular complexity index is 1310. The number of nitrogens with one attached hydrogen (secondary N) is 1. The van der Waals surface area contributed by atoms with Crippen LogP contribution in [-0.4, -0.2) is 37.2 Å². The minimum atomic E-state index is -0.00476. The third-order valence-electron chi connectivity index (χ3n) is 6.97. The van der Waals surface area contributed by atoms with Crippen LogP contribution in [0.25, 0.3) is 6.08 Å². The number of carbonyl (C=O) groups is 1. The summed E-state index contributed by atoms with van der Waals surface area (Å²) in [5.41, 5.74) is 8.90. The quantitative estimate of drug-likeness (QED) is 0.175. The van der Waals surface area contributed by atoms with Gasteiger partial charge in [0.1, 0.15) is 0 Å². The van der Waals surface area contributed by atoms with Gasteiger partial charge in [-0.2, -0.15) is 0 Å². The fourth-order valence-electron chi connectivity index (χ4n) is 4.70. The molecule has 0 aliphatic rings. The minimum Gasteiger partial charge on any atom is -0.326 e. The zero-order valence-electron chi connectivity index (χ0n) is 24.4. The Morgan fingerprint density at radius 3 is 2.54 bits per heavy atom. The third kappa shape index (κ3) is 9.45. The smallest absolute Gasteiger partial charge is 0.229 e. The molecule has 0 spiro atoms. The number of aliphatic imine (C=N–C) groups is 1. The monoisotopic (exact) mass is 541 g/mol. The summed E-state index contributed by atoms with van der Waals surface area (Å²) in [7, 11) is 4.00. The topological polar surface area (TPSA) is 44.7 Å². The molecule has 4 nitrogen and oxygen atoms in total. The molecule has 39 heavy (non-hydrogen) atoms. The normalized spacial score (nSPS) is 11.8. The molecule has 1 amide bonds. The number of amides is 1. The first kappa shape index (κ1) is 30.3. The summed E-state index contributed by atoms with van der Waals surface area (Å²) in [4.78, 5) is 20.7. The predicted octanol–water partition coefficient (Wildman–Crippen LogP) is 8.25. The molecule has 1 aromatic heterocycles. The highest BCUT2D eigenvalue weighted by Gasteiger charge is 2.12. The minimum absolute atomic E-state index is 0.00476. The van der Waals surface area contributed by atoms with Crippen LogP contribution in [-0.2, 0) is 17.8 Å². The van der Waals surface area contributed by atoms with Crippen molar-refractivity contribution in [2.24, 2.45) is 4.99 Å². The van der Waals surface area contributed by atoms with Gasteiger partial charge in [-0.1, -0.05) is 68.0 Å². The lowest BCUT2D eigenvalue weighted by Gasteiger charge is -2.16. The zero-order chi connectivity index (χ0) is 28.2. The highest BCUT2D eigenvalue weighted by molar-refractivity contribution is 7.10. The largest absolute Gasteiger partial charge is 0.326 e. The van der Waals surface area contributed by atoms with Crippen LogP contribution in [0.3, 0.4) is 0 Å². The van der Waals surface area contributed by atoms with Crippen LogP contribution >= 0.6 is 11.3 Å². The number of hydrogen-bond donors (Lipinski definition) is 1. The van der Waals surface area contributed by atoms with Crippen LogP contribution in [0.5, 0.6) is 0 Å². The molecule has 0 unspecified atom stereocenters. The molecule has 0 radical (unpaired) electrons. The average Bonchev–Trinajstić information content (AvgIpc) is 3.42. The van der Waals surface area contributed by atoms with E-state index in [1.54, 1.807) is 16.9 Å². The van der Waals surface area contributed by atoms with Gasteiger partial charge in [-0.25, -0.2) is 0 Å². The Hall–Kier alpha value is -3.28. The van der Waals surface area contributed by atoms with E-state index in [1.165, 1.54) is 5.56 Å². The van der Waals surface area contributed by atoms with Crippen molar-refractivity contribution in [3.8, 4) is 0 Å². The van der Waals surface area contributed by atoms with Crippen molar-refractivity contribution in [3.05, 3.63) is 104 Å². The van der Waals surface area contributed by atoms with Crippen molar-refractivity contribution in [1.82, 2.24) is 4.90 Å². The van der Waals surface area contributed by atoms with Gasteiger partial charge in [0, 0.05) is 36.3 Å². The van der Waals surface area contributed by atoms with E-state index in [4.69, 9.17) is 0 Å². The Balaban J connectivity index is 1.69. The number of anilines is 1. The molecule has 1 N–H and O–H groups in total. The number of aryl methyl sites for hydroxylation is 2. The number of nitrogens with zero attached hydrogens (tertiary/aromatic N) is 2. The molecule has 1 heterocycles. The van der Waals surface area contributed by atoms with Gasteiger partial charge in [-0.3, -0.25) is 9.79 Å². The van der Waals surface area contributed by atoms with Crippen molar-refractivity contribution in [3.63, 3.8) is 0 Å². The Labute approximate surface area is 239 Å². The van der Waals surface area contributed by atoms with Gasteiger partial charge in [0.2, 0.25) is 5.91 Å². The van der Waals surface area contributed by atoms with Crippen molar-refractivity contribution < 1.29 is 4.79 Å². The maximum absolute atomic E-state index is 12.6. The highest BCUT2D eigenvalue weighted by atomic mass is 32.1. The van der Waals surface area contributed by atoms with E-state index < -0.39 is 0 Å². The van der Waals surface area contributed by atoms with Crippen LogP contribution in [0.1, 0.15) is 65.8 Å². The SMILES string of the molecule is CCC(=CCCN(C)Cc1cccc(/C=C/C(=NC)c2cc(NC(=O)Cc3cccs3)c(C)cc2C)c1)CC. The summed E-state index contributed by atoms with van der Waals surface area (Å²) in [6, 6.07) is 16.8. The number of hydrogen-bond acceptors (Lipinski definition) is 4. The van der Waals surface area contributed by atoms with Crippen molar-refractivity contribution >= 4 is 34.7 Å². The highest BCUT2D eigenvalue weighted by Crippen LogP contribution is 2.23. The molecular weight excluding hydrogens is 498 g/mol. The summed E-state index contributed by atoms with van der Waals surface area (Å²) < 4.78 is 0. The fourth-order valence-corrected chi connectivity index (χ4v) is 5.41. The van der Waals surface area contributed by atoms with Crippen LogP contribution in [0.4, 0.5) is 5.69 Å². The van der Waals surface area contributed by atoms with E-state index in [0.717, 1.165) is 70.9 Å². The van der Waals surface area contributed by atoms with Gasteiger partial charge in [0.25, 0.3) is 0 Å². The van der Waals surface area contributed by atoms with Gasteiger partial charge < -0.3 is 10.2 Å². The van der Waals surface area contributed by atoms with Crippen LogP contribution < -0.4 is 5.32 Å². The molecule has 0 atom stereocenters. The summed E-state index contributed by atoms with van der Waals surface area (Å²) in [5.74, 6) is -0.00476. The molecular formula is C34H43N3OS. The van der Waals surface area contributed by atoms with Crippen molar-refractivity contribution in [2.45, 2.75) is 59.9 Å². The molecule has 3 aromatic rings. The zero-order valence-corrected chi connectivity index (χ0v) is 25.2. The molecule has 0 fully saturated rings. The van der Waals surface area contributed by atoms with Crippen LogP contribution in [0.15, 0.2) is 76.6 Å². The molecule has 206 valence electrons. The van der Waals surface area contributed by atoms with E-state index in [0.29, 0.717) is 6.42 Å². The Kier molecular flexibility index (Phi) is 11.9. The Morgan fingerprint density at radius 2 is 1.85 bits per heavy atom. The second-order valence-corrected chi connectivity index (χ2v) is 11.1.